The fourth-order valence-electron chi connectivity index (χ4n) is 1.93. The minimum atomic E-state index is -0.965. The predicted octanol–water partition coefficient (Wildman–Crippen LogP) is 0.150. The number of likely N-dealkylation sites (N-methyl/N-ethyl adjacent to an activating group) is 2. The van der Waals surface area contributed by atoms with E-state index in [9.17, 15) is 9.59 Å². The van der Waals surface area contributed by atoms with Gasteiger partial charge < -0.3 is 19.8 Å². The predicted molar refractivity (Wildman–Crippen MR) is 64.0 cm³/mol. The van der Waals surface area contributed by atoms with Crippen molar-refractivity contribution in [2.45, 2.75) is 13.8 Å². The number of carboxylic acids is 1. The summed E-state index contributed by atoms with van der Waals surface area (Å²) >= 11 is 0. The summed E-state index contributed by atoms with van der Waals surface area (Å²) in [5, 5.41) is 8.72. The van der Waals surface area contributed by atoms with Gasteiger partial charge in [0, 0.05) is 32.7 Å². The van der Waals surface area contributed by atoms with Crippen LogP contribution in [-0.4, -0.2) is 77.6 Å². The molecule has 1 aliphatic heterocycles. The topological polar surface area (TPSA) is 64.1 Å². The third-order valence-electron chi connectivity index (χ3n) is 3.07. The molecule has 1 N–H and O–H groups in total. The van der Waals surface area contributed by atoms with E-state index >= 15 is 0 Å². The van der Waals surface area contributed by atoms with E-state index in [1.54, 1.807) is 11.8 Å². The van der Waals surface area contributed by atoms with Crippen LogP contribution in [0.3, 0.4) is 0 Å². The van der Waals surface area contributed by atoms with E-state index in [0.717, 1.165) is 19.6 Å². The minimum absolute atomic E-state index is 0.161. The van der Waals surface area contributed by atoms with Crippen LogP contribution in [0.2, 0.25) is 0 Å². The van der Waals surface area contributed by atoms with E-state index in [1.807, 2.05) is 0 Å². The van der Waals surface area contributed by atoms with Crippen molar-refractivity contribution in [2.75, 3.05) is 45.8 Å². The Hall–Kier alpha value is -1.30. The third kappa shape index (κ3) is 3.89. The Kier molecular flexibility index (Phi) is 5.21. The summed E-state index contributed by atoms with van der Waals surface area (Å²) in [4.78, 5) is 28.0. The maximum atomic E-state index is 12.0. The average Bonchev–Trinajstić information content (AvgIpc) is 2.35. The Balaban J connectivity index is 2.48. The average molecular weight is 243 g/mol. The molecule has 2 amide bonds. The van der Waals surface area contributed by atoms with Crippen LogP contribution in [-0.2, 0) is 4.79 Å². The van der Waals surface area contributed by atoms with E-state index in [4.69, 9.17) is 5.11 Å². The molecular formula is C11H21N3O3. The number of nitrogens with zero attached hydrogens (tertiary/aromatic N) is 3. The molecule has 1 fully saturated rings. The Morgan fingerprint density at radius 1 is 1.18 bits per heavy atom. The fraction of sp³-hybridized carbons (Fsp3) is 0.818. The molecule has 17 heavy (non-hydrogen) atoms. The van der Waals surface area contributed by atoms with Gasteiger partial charge in [-0.3, -0.25) is 4.79 Å². The van der Waals surface area contributed by atoms with E-state index < -0.39 is 5.97 Å². The van der Waals surface area contributed by atoms with Crippen LogP contribution in [0.15, 0.2) is 0 Å². The van der Waals surface area contributed by atoms with Crippen molar-refractivity contribution in [3.8, 4) is 0 Å². The summed E-state index contributed by atoms with van der Waals surface area (Å²) in [7, 11) is 0. The molecule has 0 bridgehead atoms. The zero-order chi connectivity index (χ0) is 12.8. The summed E-state index contributed by atoms with van der Waals surface area (Å²) in [6.45, 7) is 8.20. The first-order chi connectivity index (χ1) is 8.08. The van der Waals surface area contributed by atoms with Crippen LogP contribution in [0.4, 0.5) is 4.79 Å². The number of urea groups is 1. The van der Waals surface area contributed by atoms with Crippen LogP contribution < -0.4 is 0 Å². The second-order valence-corrected chi connectivity index (χ2v) is 4.11. The second kappa shape index (κ2) is 6.44. The Morgan fingerprint density at radius 3 is 2.18 bits per heavy atom. The summed E-state index contributed by atoms with van der Waals surface area (Å²) < 4.78 is 0. The highest BCUT2D eigenvalue weighted by atomic mass is 16.4. The van der Waals surface area contributed by atoms with Crippen molar-refractivity contribution in [1.29, 1.82) is 0 Å². The molecular weight excluding hydrogens is 222 g/mol. The number of carbonyl (C=O) groups is 2. The van der Waals surface area contributed by atoms with E-state index in [0.29, 0.717) is 19.6 Å². The van der Waals surface area contributed by atoms with Gasteiger partial charge in [-0.1, -0.05) is 6.92 Å². The number of rotatable bonds is 4. The quantitative estimate of drug-likeness (QED) is 0.763. The lowest BCUT2D eigenvalue weighted by Gasteiger charge is -2.36. The maximum Gasteiger partial charge on any atom is 0.323 e. The van der Waals surface area contributed by atoms with Gasteiger partial charge in [-0.25, -0.2) is 4.79 Å². The molecule has 98 valence electrons. The van der Waals surface area contributed by atoms with Crippen molar-refractivity contribution in [1.82, 2.24) is 14.7 Å². The first kappa shape index (κ1) is 13.8. The monoisotopic (exact) mass is 243 g/mol. The summed E-state index contributed by atoms with van der Waals surface area (Å²) in [5.74, 6) is -0.965. The van der Waals surface area contributed by atoms with E-state index in [-0.39, 0.29) is 12.6 Å². The van der Waals surface area contributed by atoms with Gasteiger partial charge in [-0.2, -0.15) is 0 Å². The van der Waals surface area contributed by atoms with Crippen LogP contribution in [0.5, 0.6) is 0 Å². The van der Waals surface area contributed by atoms with Gasteiger partial charge >= 0.3 is 12.0 Å². The molecule has 0 unspecified atom stereocenters. The van der Waals surface area contributed by atoms with Crippen LogP contribution in [0.1, 0.15) is 13.8 Å². The maximum absolute atomic E-state index is 12.0. The molecule has 0 aliphatic carbocycles. The van der Waals surface area contributed by atoms with Crippen molar-refractivity contribution in [3.63, 3.8) is 0 Å². The van der Waals surface area contributed by atoms with Crippen LogP contribution in [0.25, 0.3) is 0 Å². The molecule has 0 aromatic heterocycles. The molecule has 0 radical (unpaired) electrons. The summed E-state index contributed by atoms with van der Waals surface area (Å²) in [5.41, 5.74) is 0. The van der Waals surface area contributed by atoms with Gasteiger partial charge in [0.15, 0.2) is 0 Å². The number of hydrogen-bond donors (Lipinski definition) is 1. The van der Waals surface area contributed by atoms with Gasteiger partial charge in [-0.15, -0.1) is 0 Å². The van der Waals surface area contributed by atoms with Crippen LogP contribution in [0, 0.1) is 0 Å². The van der Waals surface area contributed by atoms with Crippen molar-refractivity contribution in [3.05, 3.63) is 0 Å². The first-order valence-electron chi connectivity index (χ1n) is 6.06. The SMILES string of the molecule is CCN1CCN(C(=O)N(CC)CC(=O)O)CC1. The van der Waals surface area contributed by atoms with Gasteiger partial charge in [0.05, 0.1) is 0 Å². The molecule has 1 saturated heterocycles. The van der Waals surface area contributed by atoms with Crippen molar-refractivity contribution in [2.24, 2.45) is 0 Å². The highest BCUT2D eigenvalue weighted by Crippen LogP contribution is 2.05. The highest BCUT2D eigenvalue weighted by molar-refractivity contribution is 5.80. The number of piperazine rings is 1. The molecule has 0 spiro atoms. The molecule has 1 rings (SSSR count). The van der Waals surface area contributed by atoms with Gasteiger partial charge in [0.1, 0.15) is 6.54 Å². The number of amides is 2. The Morgan fingerprint density at radius 2 is 1.76 bits per heavy atom. The molecule has 0 aromatic rings. The molecule has 0 aromatic carbocycles. The summed E-state index contributed by atoms with van der Waals surface area (Å²) in [6.07, 6.45) is 0. The minimum Gasteiger partial charge on any atom is -0.480 e. The molecule has 6 heteroatoms. The van der Waals surface area contributed by atoms with Crippen molar-refractivity contribution < 1.29 is 14.7 Å². The zero-order valence-electron chi connectivity index (χ0n) is 10.6. The zero-order valence-corrected chi connectivity index (χ0v) is 10.6. The molecule has 1 heterocycles. The smallest absolute Gasteiger partial charge is 0.323 e. The van der Waals surface area contributed by atoms with Gasteiger partial charge in [0.25, 0.3) is 0 Å². The number of carbonyl (C=O) groups excluding carboxylic acids is 1. The second-order valence-electron chi connectivity index (χ2n) is 4.11. The number of carboxylic acid groups (broad SMARTS) is 1. The molecule has 1 aliphatic rings. The highest BCUT2D eigenvalue weighted by Gasteiger charge is 2.24. The molecule has 0 atom stereocenters. The van der Waals surface area contributed by atoms with Crippen molar-refractivity contribution >= 4 is 12.0 Å². The molecule has 6 nitrogen and oxygen atoms in total. The number of aliphatic carboxylic acids is 1. The normalized spacial score (nSPS) is 16.9. The lowest BCUT2D eigenvalue weighted by atomic mass is 10.3. The van der Waals surface area contributed by atoms with Gasteiger partial charge in [0.2, 0.25) is 0 Å². The van der Waals surface area contributed by atoms with Crippen LogP contribution >= 0.6 is 0 Å². The van der Waals surface area contributed by atoms with Gasteiger partial charge in [-0.05, 0) is 13.5 Å². The lowest BCUT2D eigenvalue weighted by molar-refractivity contribution is -0.137. The third-order valence-corrected chi connectivity index (χ3v) is 3.07. The number of hydrogen-bond acceptors (Lipinski definition) is 3. The van der Waals surface area contributed by atoms with E-state index in [1.165, 1.54) is 4.90 Å². The Bertz CT molecular complexity index is 275. The Labute approximate surface area is 102 Å². The standard InChI is InChI=1S/C11H21N3O3/c1-3-12-5-7-14(8-6-12)11(17)13(4-2)9-10(15)16/h3-9H2,1-2H3,(H,15,16). The molecule has 0 saturated carbocycles. The van der Waals surface area contributed by atoms with E-state index in [2.05, 4.69) is 11.8 Å². The summed E-state index contributed by atoms with van der Waals surface area (Å²) in [6, 6.07) is -0.161. The first-order valence-corrected chi connectivity index (χ1v) is 6.06. The lowest BCUT2D eigenvalue weighted by Crippen LogP contribution is -2.53. The fourth-order valence-corrected chi connectivity index (χ4v) is 1.93. The largest absolute Gasteiger partial charge is 0.480 e.